The fourth-order valence-corrected chi connectivity index (χ4v) is 2.38. The number of hydrogen-bond donors (Lipinski definition) is 1. The van der Waals surface area contributed by atoms with Gasteiger partial charge in [-0.1, -0.05) is 30.3 Å². The highest BCUT2D eigenvalue weighted by Gasteiger charge is 2.20. The molecule has 3 nitrogen and oxygen atoms in total. The van der Waals surface area contributed by atoms with Crippen molar-refractivity contribution in [3.05, 3.63) is 59.7 Å². The summed E-state index contributed by atoms with van der Waals surface area (Å²) in [6, 6.07) is 16.2. The van der Waals surface area contributed by atoms with Crippen molar-refractivity contribution in [3.63, 3.8) is 0 Å². The molecule has 0 radical (unpaired) electrons. The average molecular weight is 256 g/mol. The fourth-order valence-electron chi connectivity index (χ4n) is 2.38. The first kappa shape index (κ1) is 13.4. The van der Waals surface area contributed by atoms with Gasteiger partial charge in [0.15, 0.2) is 0 Å². The molecule has 0 saturated carbocycles. The zero-order valence-corrected chi connectivity index (χ0v) is 11.6. The molecule has 1 atom stereocenters. The number of anilines is 1. The lowest BCUT2D eigenvalue weighted by atomic mass is 9.96. The Hall–Kier alpha value is -2.00. The van der Waals surface area contributed by atoms with Gasteiger partial charge in [0.05, 0.1) is 13.2 Å². The molecule has 2 rings (SSSR count). The van der Waals surface area contributed by atoms with Gasteiger partial charge in [-0.15, -0.1) is 0 Å². The third-order valence-corrected chi connectivity index (χ3v) is 3.18. The first-order valence-electron chi connectivity index (χ1n) is 6.28. The van der Waals surface area contributed by atoms with Crippen molar-refractivity contribution in [2.75, 3.05) is 26.9 Å². The van der Waals surface area contributed by atoms with Crippen LogP contribution >= 0.6 is 0 Å². The van der Waals surface area contributed by atoms with Crippen molar-refractivity contribution in [2.24, 2.45) is 0 Å². The van der Waals surface area contributed by atoms with Crippen LogP contribution in [0.4, 0.5) is 5.69 Å². The molecule has 2 N–H and O–H groups in total. The summed E-state index contributed by atoms with van der Waals surface area (Å²) in [4.78, 5) is 2.16. The molecule has 2 aromatic rings. The third kappa shape index (κ3) is 2.88. The highest BCUT2D eigenvalue weighted by molar-refractivity contribution is 5.47. The number of nitrogens with zero attached hydrogens (tertiary/aromatic N) is 1. The molecule has 19 heavy (non-hydrogen) atoms. The summed E-state index contributed by atoms with van der Waals surface area (Å²) in [6.07, 6.45) is 0. The molecular weight excluding hydrogens is 236 g/mol. The lowest BCUT2D eigenvalue weighted by molar-refractivity contribution is 0.327. The second-order valence-electron chi connectivity index (χ2n) is 4.78. The first-order valence-corrected chi connectivity index (χ1v) is 6.28. The quantitative estimate of drug-likeness (QED) is 0.855. The van der Waals surface area contributed by atoms with E-state index >= 15 is 0 Å². The number of ether oxygens (including phenoxy) is 1. The highest BCUT2D eigenvalue weighted by atomic mass is 16.5. The Labute approximate surface area is 114 Å². The van der Waals surface area contributed by atoms with Gasteiger partial charge < -0.3 is 10.5 Å². The molecule has 0 fully saturated rings. The predicted octanol–water partition coefficient (Wildman–Crippen LogP) is 2.93. The molecule has 0 amide bonds. The number of hydrogen-bond acceptors (Lipinski definition) is 3. The molecule has 0 spiro atoms. The lowest BCUT2D eigenvalue weighted by Gasteiger charge is -2.27. The van der Waals surface area contributed by atoms with Gasteiger partial charge in [0.25, 0.3) is 0 Å². The molecule has 0 aliphatic carbocycles. The molecule has 3 heteroatoms. The number of para-hydroxylation sites is 1. The van der Waals surface area contributed by atoms with Crippen LogP contribution in [0.2, 0.25) is 0 Å². The Morgan fingerprint density at radius 3 is 2.42 bits per heavy atom. The van der Waals surface area contributed by atoms with E-state index in [2.05, 4.69) is 31.1 Å². The average Bonchev–Trinajstić information content (AvgIpc) is 2.39. The summed E-state index contributed by atoms with van der Waals surface area (Å²) in [5, 5.41) is 0. The van der Waals surface area contributed by atoms with Crippen LogP contribution in [0.3, 0.4) is 0 Å². The standard InChI is InChI=1S/C16H20N2O/c1-18(2)16(12-7-6-8-13(17)11-12)14-9-4-5-10-15(14)19-3/h4-11,16H,17H2,1-3H3. The van der Waals surface area contributed by atoms with Gasteiger partial charge in [-0.3, -0.25) is 4.90 Å². The Morgan fingerprint density at radius 2 is 1.79 bits per heavy atom. The van der Waals surface area contributed by atoms with Crippen molar-refractivity contribution in [1.82, 2.24) is 4.90 Å². The molecule has 100 valence electrons. The van der Waals surface area contributed by atoms with E-state index in [1.807, 2.05) is 36.4 Å². The number of nitrogens with two attached hydrogens (primary N) is 1. The van der Waals surface area contributed by atoms with Crippen LogP contribution < -0.4 is 10.5 Å². The maximum atomic E-state index is 5.90. The van der Waals surface area contributed by atoms with Gasteiger partial charge in [-0.2, -0.15) is 0 Å². The van der Waals surface area contributed by atoms with Crippen LogP contribution in [0.25, 0.3) is 0 Å². The maximum absolute atomic E-state index is 5.90. The van der Waals surface area contributed by atoms with E-state index in [4.69, 9.17) is 10.5 Å². The Balaban J connectivity index is 2.52. The Bertz CT molecular complexity index is 552. The van der Waals surface area contributed by atoms with Crippen LogP contribution in [-0.2, 0) is 0 Å². The summed E-state index contributed by atoms with van der Waals surface area (Å²) in [7, 11) is 5.81. The van der Waals surface area contributed by atoms with Crippen molar-refractivity contribution in [2.45, 2.75) is 6.04 Å². The van der Waals surface area contributed by atoms with Crippen LogP contribution in [0.5, 0.6) is 5.75 Å². The first-order chi connectivity index (χ1) is 9.13. The van der Waals surface area contributed by atoms with Crippen molar-refractivity contribution >= 4 is 5.69 Å². The second-order valence-corrected chi connectivity index (χ2v) is 4.78. The molecular formula is C16H20N2O. The molecule has 1 unspecified atom stereocenters. The SMILES string of the molecule is COc1ccccc1C(c1cccc(N)c1)N(C)C. The normalized spacial score (nSPS) is 12.4. The summed E-state index contributed by atoms with van der Waals surface area (Å²) in [5.41, 5.74) is 8.97. The summed E-state index contributed by atoms with van der Waals surface area (Å²) in [6.45, 7) is 0. The lowest BCUT2D eigenvalue weighted by Crippen LogP contribution is -2.21. The van der Waals surface area contributed by atoms with Crippen molar-refractivity contribution < 1.29 is 4.74 Å². The number of rotatable bonds is 4. The summed E-state index contributed by atoms with van der Waals surface area (Å²) < 4.78 is 5.47. The highest BCUT2D eigenvalue weighted by Crippen LogP contribution is 2.33. The zero-order valence-electron chi connectivity index (χ0n) is 11.6. The van der Waals surface area contributed by atoms with E-state index in [1.165, 1.54) is 0 Å². The van der Waals surface area contributed by atoms with Gasteiger partial charge in [-0.05, 0) is 37.9 Å². The largest absolute Gasteiger partial charge is 0.496 e. The van der Waals surface area contributed by atoms with Gasteiger partial charge in [-0.25, -0.2) is 0 Å². The van der Waals surface area contributed by atoms with E-state index in [1.54, 1.807) is 7.11 Å². The molecule has 0 heterocycles. The van der Waals surface area contributed by atoms with E-state index in [-0.39, 0.29) is 6.04 Å². The minimum absolute atomic E-state index is 0.125. The Kier molecular flexibility index (Phi) is 4.07. The minimum Gasteiger partial charge on any atom is -0.496 e. The summed E-state index contributed by atoms with van der Waals surface area (Å²) >= 11 is 0. The van der Waals surface area contributed by atoms with Gasteiger partial charge in [0.1, 0.15) is 5.75 Å². The molecule has 0 aliphatic heterocycles. The third-order valence-electron chi connectivity index (χ3n) is 3.18. The van der Waals surface area contributed by atoms with Gasteiger partial charge in [0.2, 0.25) is 0 Å². The molecule has 0 aliphatic rings. The van der Waals surface area contributed by atoms with Crippen molar-refractivity contribution in [3.8, 4) is 5.75 Å². The number of nitrogen functional groups attached to an aromatic ring is 1. The summed E-state index contributed by atoms with van der Waals surface area (Å²) in [5.74, 6) is 0.892. The minimum atomic E-state index is 0.125. The zero-order chi connectivity index (χ0) is 13.8. The monoisotopic (exact) mass is 256 g/mol. The predicted molar refractivity (Wildman–Crippen MR) is 79.4 cm³/mol. The maximum Gasteiger partial charge on any atom is 0.123 e. The smallest absolute Gasteiger partial charge is 0.123 e. The second kappa shape index (κ2) is 5.76. The molecule has 2 aromatic carbocycles. The van der Waals surface area contributed by atoms with E-state index in [9.17, 15) is 0 Å². The molecule has 0 saturated heterocycles. The van der Waals surface area contributed by atoms with E-state index in [0.29, 0.717) is 0 Å². The van der Waals surface area contributed by atoms with Crippen LogP contribution in [0, 0.1) is 0 Å². The topological polar surface area (TPSA) is 38.5 Å². The number of benzene rings is 2. The van der Waals surface area contributed by atoms with Crippen LogP contribution in [0.1, 0.15) is 17.2 Å². The fraction of sp³-hybridized carbons (Fsp3) is 0.250. The number of methoxy groups -OCH3 is 1. The van der Waals surface area contributed by atoms with Gasteiger partial charge >= 0.3 is 0 Å². The van der Waals surface area contributed by atoms with E-state index < -0.39 is 0 Å². The van der Waals surface area contributed by atoms with Crippen molar-refractivity contribution in [1.29, 1.82) is 0 Å². The van der Waals surface area contributed by atoms with Gasteiger partial charge in [0, 0.05) is 11.3 Å². The van der Waals surface area contributed by atoms with Crippen LogP contribution in [-0.4, -0.2) is 26.1 Å². The Morgan fingerprint density at radius 1 is 1.05 bits per heavy atom. The van der Waals surface area contributed by atoms with Crippen LogP contribution in [0.15, 0.2) is 48.5 Å². The molecule has 0 bridgehead atoms. The van der Waals surface area contributed by atoms with E-state index in [0.717, 1.165) is 22.6 Å². The molecule has 0 aromatic heterocycles.